The molecule has 0 bridgehead atoms. The van der Waals surface area contributed by atoms with Crippen LogP contribution in [0.4, 0.5) is 0 Å². The van der Waals surface area contributed by atoms with E-state index < -0.39 is 5.97 Å². The van der Waals surface area contributed by atoms with Crippen LogP contribution in [0.15, 0.2) is 0 Å². The number of aliphatic carboxylic acids is 1. The molecule has 0 heterocycles. The normalized spacial score (nSPS) is 15.3. The second-order valence-electron chi connectivity index (χ2n) is 3.66. The Bertz CT molecular complexity index is 148. The van der Waals surface area contributed by atoms with Gasteiger partial charge in [0.25, 0.3) is 0 Å². The van der Waals surface area contributed by atoms with Crippen LogP contribution in [-0.2, 0) is 4.79 Å². The van der Waals surface area contributed by atoms with Crippen LogP contribution in [0.25, 0.3) is 0 Å². The van der Waals surface area contributed by atoms with Gasteiger partial charge in [-0.1, -0.05) is 33.1 Å². The monoisotopic (exact) mass is 187 g/mol. The summed E-state index contributed by atoms with van der Waals surface area (Å²) in [6.07, 6.45) is 4.35. The molecule has 3 nitrogen and oxygen atoms in total. The third-order valence-electron chi connectivity index (χ3n) is 2.35. The molecular weight excluding hydrogens is 166 g/mol. The number of carboxylic acid groups (broad SMARTS) is 1. The van der Waals surface area contributed by atoms with Gasteiger partial charge in [0, 0.05) is 6.04 Å². The predicted molar refractivity (Wildman–Crippen MR) is 53.5 cm³/mol. The van der Waals surface area contributed by atoms with Gasteiger partial charge in [-0.2, -0.15) is 0 Å². The van der Waals surface area contributed by atoms with E-state index in [9.17, 15) is 4.79 Å². The Morgan fingerprint density at radius 3 is 2.46 bits per heavy atom. The molecule has 0 rings (SSSR count). The van der Waals surface area contributed by atoms with Crippen molar-refractivity contribution in [3.63, 3.8) is 0 Å². The van der Waals surface area contributed by atoms with Gasteiger partial charge < -0.3 is 10.8 Å². The van der Waals surface area contributed by atoms with Gasteiger partial charge in [-0.3, -0.25) is 4.79 Å². The lowest BCUT2D eigenvalue weighted by molar-refractivity contribution is -0.137. The highest BCUT2D eigenvalue weighted by atomic mass is 16.4. The Morgan fingerprint density at radius 2 is 2.08 bits per heavy atom. The zero-order chi connectivity index (χ0) is 10.3. The largest absolute Gasteiger partial charge is 0.481 e. The molecule has 0 amide bonds. The maximum Gasteiger partial charge on any atom is 0.304 e. The SMILES string of the molecule is CCC[C@@H](CC)C[C@H](N)CC(=O)O. The average Bonchev–Trinajstić information content (AvgIpc) is 2.02. The summed E-state index contributed by atoms with van der Waals surface area (Å²) in [5.41, 5.74) is 5.70. The molecule has 0 aromatic heterocycles. The zero-order valence-electron chi connectivity index (χ0n) is 8.62. The number of nitrogens with two attached hydrogens (primary N) is 1. The van der Waals surface area contributed by atoms with Gasteiger partial charge in [0.2, 0.25) is 0 Å². The van der Waals surface area contributed by atoms with Crippen LogP contribution in [0.5, 0.6) is 0 Å². The van der Waals surface area contributed by atoms with E-state index in [0.717, 1.165) is 25.7 Å². The second-order valence-corrected chi connectivity index (χ2v) is 3.66. The minimum absolute atomic E-state index is 0.0974. The van der Waals surface area contributed by atoms with E-state index in [0.29, 0.717) is 5.92 Å². The third-order valence-corrected chi connectivity index (χ3v) is 2.35. The van der Waals surface area contributed by atoms with E-state index in [-0.39, 0.29) is 12.5 Å². The van der Waals surface area contributed by atoms with E-state index >= 15 is 0 Å². The van der Waals surface area contributed by atoms with Crippen molar-refractivity contribution < 1.29 is 9.90 Å². The van der Waals surface area contributed by atoms with E-state index in [2.05, 4.69) is 13.8 Å². The maximum absolute atomic E-state index is 10.4. The zero-order valence-corrected chi connectivity index (χ0v) is 8.62. The fraction of sp³-hybridized carbons (Fsp3) is 0.900. The molecule has 0 fully saturated rings. The smallest absolute Gasteiger partial charge is 0.304 e. The van der Waals surface area contributed by atoms with Crippen LogP contribution in [-0.4, -0.2) is 17.1 Å². The molecular formula is C10H21NO2. The van der Waals surface area contributed by atoms with Crippen molar-refractivity contribution in [2.45, 2.75) is 52.0 Å². The molecule has 0 radical (unpaired) electrons. The second kappa shape index (κ2) is 6.89. The van der Waals surface area contributed by atoms with Crippen LogP contribution in [0.3, 0.4) is 0 Å². The Morgan fingerprint density at radius 1 is 1.46 bits per heavy atom. The summed E-state index contributed by atoms with van der Waals surface area (Å²) >= 11 is 0. The number of hydrogen-bond donors (Lipinski definition) is 2. The fourth-order valence-electron chi connectivity index (χ4n) is 1.63. The van der Waals surface area contributed by atoms with E-state index in [1.54, 1.807) is 0 Å². The molecule has 13 heavy (non-hydrogen) atoms. The van der Waals surface area contributed by atoms with Gasteiger partial charge >= 0.3 is 5.97 Å². The van der Waals surface area contributed by atoms with Gasteiger partial charge in [0.1, 0.15) is 0 Å². The summed E-state index contributed by atoms with van der Waals surface area (Å²) in [5, 5.41) is 8.52. The van der Waals surface area contributed by atoms with Gasteiger partial charge in [-0.25, -0.2) is 0 Å². The van der Waals surface area contributed by atoms with Crippen molar-refractivity contribution in [3.8, 4) is 0 Å². The van der Waals surface area contributed by atoms with E-state index in [4.69, 9.17) is 10.8 Å². The minimum atomic E-state index is -0.793. The maximum atomic E-state index is 10.4. The molecule has 0 aromatic carbocycles. The van der Waals surface area contributed by atoms with Crippen molar-refractivity contribution >= 4 is 5.97 Å². The summed E-state index contributed by atoms with van der Waals surface area (Å²) in [7, 11) is 0. The molecule has 78 valence electrons. The Kier molecular flexibility index (Phi) is 6.59. The lowest BCUT2D eigenvalue weighted by Crippen LogP contribution is -2.26. The fourth-order valence-corrected chi connectivity index (χ4v) is 1.63. The Balaban J connectivity index is 3.72. The lowest BCUT2D eigenvalue weighted by atomic mass is 9.92. The van der Waals surface area contributed by atoms with Gasteiger partial charge in [0.05, 0.1) is 6.42 Å². The first kappa shape index (κ1) is 12.4. The molecule has 0 aromatic rings. The molecule has 0 aliphatic heterocycles. The molecule has 0 aliphatic rings. The first-order valence-electron chi connectivity index (χ1n) is 5.07. The van der Waals surface area contributed by atoms with Gasteiger partial charge in [-0.05, 0) is 12.3 Å². The molecule has 0 saturated heterocycles. The number of carbonyl (C=O) groups is 1. The summed E-state index contributed by atoms with van der Waals surface area (Å²) in [6.45, 7) is 4.28. The van der Waals surface area contributed by atoms with Gasteiger partial charge in [-0.15, -0.1) is 0 Å². The van der Waals surface area contributed by atoms with E-state index in [1.807, 2.05) is 0 Å². The topological polar surface area (TPSA) is 63.3 Å². The number of carboxylic acids is 1. The summed E-state index contributed by atoms with van der Waals surface area (Å²) in [5.74, 6) is -0.196. The molecule has 0 aliphatic carbocycles. The number of hydrogen-bond acceptors (Lipinski definition) is 2. The van der Waals surface area contributed by atoms with Crippen LogP contribution < -0.4 is 5.73 Å². The summed E-state index contributed by atoms with van der Waals surface area (Å²) < 4.78 is 0. The highest BCUT2D eigenvalue weighted by Gasteiger charge is 2.13. The van der Waals surface area contributed by atoms with Gasteiger partial charge in [0.15, 0.2) is 0 Å². The molecule has 2 atom stereocenters. The Labute approximate surface area is 80.3 Å². The van der Waals surface area contributed by atoms with Crippen molar-refractivity contribution in [3.05, 3.63) is 0 Å². The molecule has 3 heteroatoms. The molecule has 0 unspecified atom stereocenters. The van der Waals surface area contributed by atoms with Crippen LogP contribution >= 0.6 is 0 Å². The number of rotatable bonds is 7. The lowest BCUT2D eigenvalue weighted by Gasteiger charge is -2.17. The van der Waals surface area contributed by atoms with Crippen molar-refractivity contribution in [2.24, 2.45) is 11.7 Å². The van der Waals surface area contributed by atoms with E-state index in [1.165, 1.54) is 0 Å². The molecule has 0 saturated carbocycles. The predicted octanol–water partition coefficient (Wildman–Crippen LogP) is 2.00. The first-order valence-corrected chi connectivity index (χ1v) is 5.07. The molecule has 0 spiro atoms. The highest BCUT2D eigenvalue weighted by Crippen LogP contribution is 2.17. The van der Waals surface area contributed by atoms with Crippen LogP contribution in [0.1, 0.15) is 46.0 Å². The van der Waals surface area contributed by atoms with Crippen molar-refractivity contribution in [1.82, 2.24) is 0 Å². The minimum Gasteiger partial charge on any atom is -0.481 e. The van der Waals surface area contributed by atoms with Crippen molar-refractivity contribution in [1.29, 1.82) is 0 Å². The van der Waals surface area contributed by atoms with Crippen molar-refractivity contribution in [2.75, 3.05) is 0 Å². The summed E-state index contributed by atoms with van der Waals surface area (Å²) in [6, 6.07) is -0.172. The highest BCUT2D eigenvalue weighted by molar-refractivity contribution is 5.67. The average molecular weight is 187 g/mol. The summed E-state index contributed by atoms with van der Waals surface area (Å²) in [4.78, 5) is 10.4. The third kappa shape index (κ3) is 6.58. The Hall–Kier alpha value is -0.570. The molecule has 3 N–H and O–H groups in total. The van der Waals surface area contributed by atoms with Crippen LogP contribution in [0.2, 0.25) is 0 Å². The quantitative estimate of drug-likeness (QED) is 0.640. The van der Waals surface area contributed by atoms with Crippen LogP contribution in [0, 0.1) is 5.92 Å². The standard InChI is InChI=1S/C10H21NO2/c1-3-5-8(4-2)6-9(11)7-10(12)13/h8-9H,3-7,11H2,1-2H3,(H,12,13)/t8-,9+/m1/s1. The first-order chi connectivity index (χ1) is 6.10.